The molecule has 4 heteroatoms. The number of rotatable bonds is 2. The van der Waals surface area contributed by atoms with Crippen molar-refractivity contribution in [1.82, 2.24) is 5.32 Å². The van der Waals surface area contributed by atoms with Crippen LogP contribution in [0.25, 0.3) is 0 Å². The van der Waals surface area contributed by atoms with Crippen LogP contribution in [0.15, 0.2) is 54.6 Å². The van der Waals surface area contributed by atoms with Gasteiger partial charge in [-0.2, -0.15) is 0 Å². The lowest BCUT2D eigenvalue weighted by molar-refractivity contribution is 0.0967. The molecule has 2 rings (SSSR count). The minimum absolute atomic E-state index is 0.423. The summed E-state index contributed by atoms with van der Waals surface area (Å²) < 4.78 is 0. The minimum atomic E-state index is -0.545. The van der Waals surface area contributed by atoms with Gasteiger partial charge in [-0.15, -0.1) is 0 Å². The average molecular weight is 254 g/mol. The summed E-state index contributed by atoms with van der Waals surface area (Å²) in [4.78, 5) is 23.4. The quantitative estimate of drug-likeness (QED) is 0.865. The Balaban J connectivity index is 1.95. The lowest BCUT2D eigenvalue weighted by atomic mass is 10.1. The van der Waals surface area contributed by atoms with Crippen LogP contribution in [0.1, 0.15) is 15.9 Å². The summed E-state index contributed by atoms with van der Waals surface area (Å²) in [5.41, 5.74) is 2.15. The van der Waals surface area contributed by atoms with E-state index in [-0.39, 0.29) is 0 Å². The Morgan fingerprint density at radius 3 is 2.16 bits per heavy atom. The van der Waals surface area contributed by atoms with Crippen LogP contribution in [0.5, 0.6) is 0 Å². The molecule has 0 radical (unpaired) electrons. The summed E-state index contributed by atoms with van der Waals surface area (Å²) in [7, 11) is 0. The van der Waals surface area contributed by atoms with E-state index in [0.717, 1.165) is 5.56 Å². The molecule has 19 heavy (non-hydrogen) atoms. The number of hydrogen-bond acceptors (Lipinski definition) is 2. The van der Waals surface area contributed by atoms with Crippen molar-refractivity contribution in [2.45, 2.75) is 6.92 Å². The van der Waals surface area contributed by atoms with Crippen LogP contribution in [-0.4, -0.2) is 11.9 Å². The van der Waals surface area contributed by atoms with E-state index in [9.17, 15) is 9.59 Å². The summed E-state index contributed by atoms with van der Waals surface area (Å²) in [5.74, 6) is -0.423. The van der Waals surface area contributed by atoms with Crippen molar-refractivity contribution in [2.24, 2.45) is 0 Å². The number of urea groups is 1. The first-order valence-electron chi connectivity index (χ1n) is 5.89. The number of anilines is 1. The van der Waals surface area contributed by atoms with Crippen LogP contribution >= 0.6 is 0 Å². The largest absolute Gasteiger partial charge is 0.326 e. The SMILES string of the molecule is Cc1ccc(C(=O)NC(=O)Nc2ccccc2)cc1. The highest BCUT2D eigenvalue weighted by molar-refractivity contribution is 6.07. The van der Waals surface area contributed by atoms with Gasteiger partial charge < -0.3 is 5.32 Å². The number of benzene rings is 2. The standard InChI is InChI=1S/C15H14N2O2/c1-11-7-9-12(10-8-11)14(18)17-15(19)16-13-5-3-2-4-6-13/h2-10H,1H3,(H2,16,17,18,19). The van der Waals surface area contributed by atoms with Crippen molar-refractivity contribution in [1.29, 1.82) is 0 Å². The summed E-state index contributed by atoms with van der Waals surface area (Å²) >= 11 is 0. The molecule has 0 aliphatic rings. The van der Waals surface area contributed by atoms with E-state index in [4.69, 9.17) is 0 Å². The van der Waals surface area contributed by atoms with Crippen molar-refractivity contribution < 1.29 is 9.59 Å². The monoisotopic (exact) mass is 254 g/mol. The van der Waals surface area contributed by atoms with E-state index >= 15 is 0 Å². The molecule has 0 heterocycles. The molecular formula is C15H14N2O2. The Kier molecular flexibility index (Phi) is 3.93. The molecule has 0 atom stereocenters. The summed E-state index contributed by atoms with van der Waals surface area (Å²) in [6.45, 7) is 1.93. The second-order valence-electron chi connectivity index (χ2n) is 4.14. The summed E-state index contributed by atoms with van der Waals surface area (Å²) in [5, 5.41) is 4.86. The molecule has 0 bridgehead atoms. The van der Waals surface area contributed by atoms with Crippen molar-refractivity contribution in [3.05, 3.63) is 65.7 Å². The van der Waals surface area contributed by atoms with E-state index < -0.39 is 11.9 Å². The van der Waals surface area contributed by atoms with E-state index in [0.29, 0.717) is 11.3 Å². The highest BCUT2D eigenvalue weighted by Crippen LogP contribution is 2.05. The van der Waals surface area contributed by atoms with Crippen LogP contribution in [0.2, 0.25) is 0 Å². The number of nitrogens with one attached hydrogen (secondary N) is 2. The number of amides is 3. The summed E-state index contributed by atoms with van der Waals surface area (Å²) in [6, 6.07) is 15.4. The molecule has 3 amide bonds. The average Bonchev–Trinajstić information content (AvgIpc) is 2.40. The van der Waals surface area contributed by atoms with Gasteiger partial charge >= 0.3 is 6.03 Å². The van der Waals surface area contributed by atoms with Crippen LogP contribution in [0.4, 0.5) is 10.5 Å². The molecule has 0 aromatic heterocycles. The van der Waals surface area contributed by atoms with Gasteiger partial charge in [-0.1, -0.05) is 35.9 Å². The number of hydrogen-bond donors (Lipinski definition) is 2. The number of imide groups is 1. The molecule has 0 saturated heterocycles. The van der Waals surface area contributed by atoms with Crippen LogP contribution in [0.3, 0.4) is 0 Å². The zero-order valence-corrected chi connectivity index (χ0v) is 10.5. The predicted octanol–water partition coefficient (Wildman–Crippen LogP) is 2.96. The molecular weight excluding hydrogens is 240 g/mol. The van der Waals surface area contributed by atoms with E-state index in [1.165, 1.54) is 0 Å². The maximum Gasteiger partial charge on any atom is 0.326 e. The Morgan fingerprint density at radius 2 is 1.53 bits per heavy atom. The van der Waals surface area contributed by atoms with Crippen molar-refractivity contribution >= 4 is 17.6 Å². The molecule has 2 aromatic carbocycles. The molecule has 2 aromatic rings. The van der Waals surface area contributed by atoms with E-state index in [1.807, 2.05) is 25.1 Å². The Bertz CT molecular complexity index is 577. The lowest BCUT2D eigenvalue weighted by Crippen LogP contribution is -2.34. The van der Waals surface area contributed by atoms with Gasteiger partial charge in [0.15, 0.2) is 0 Å². The fourth-order valence-corrected chi connectivity index (χ4v) is 1.56. The fourth-order valence-electron chi connectivity index (χ4n) is 1.56. The molecule has 2 N–H and O–H groups in total. The first-order valence-corrected chi connectivity index (χ1v) is 5.89. The first-order chi connectivity index (χ1) is 9.15. The third-order valence-electron chi connectivity index (χ3n) is 2.57. The van der Waals surface area contributed by atoms with Crippen molar-refractivity contribution in [2.75, 3.05) is 5.32 Å². The predicted molar refractivity (Wildman–Crippen MR) is 74.1 cm³/mol. The third kappa shape index (κ3) is 3.67. The lowest BCUT2D eigenvalue weighted by Gasteiger charge is -2.06. The topological polar surface area (TPSA) is 58.2 Å². The van der Waals surface area contributed by atoms with Gasteiger partial charge in [0.2, 0.25) is 0 Å². The normalized spacial score (nSPS) is 9.74. The van der Waals surface area contributed by atoms with Crippen LogP contribution < -0.4 is 10.6 Å². The number of para-hydroxylation sites is 1. The molecule has 0 unspecified atom stereocenters. The highest BCUT2D eigenvalue weighted by atomic mass is 16.2. The minimum Gasteiger partial charge on any atom is -0.308 e. The molecule has 0 saturated carbocycles. The van der Waals surface area contributed by atoms with Gasteiger partial charge in [0, 0.05) is 11.3 Å². The Morgan fingerprint density at radius 1 is 0.895 bits per heavy atom. The van der Waals surface area contributed by atoms with E-state index in [1.54, 1.807) is 36.4 Å². The zero-order chi connectivity index (χ0) is 13.7. The second kappa shape index (κ2) is 5.82. The van der Waals surface area contributed by atoms with Gasteiger partial charge in [-0.25, -0.2) is 4.79 Å². The van der Waals surface area contributed by atoms with E-state index in [2.05, 4.69) is 10.6 Å². The number of carbonyl (C=O) groups is 2. The smallest absolute Gasteiger partial charge is 0.308 e. The fraction of sp³-hybridized carbons (Fsp3) is 0.0667. The molecule has 0 spiro atoms. The van der Waals surface area contributed by atoms with Gasteiger partial charge in [-0.3, -0.25) is 10.1 Å². The van der Waals surface area contributed by atoms with Gasteiger partial charge in [0.25, 0.3) is 5.91 Å². The number of carbonyl (C=O) groups excluding carboxylic acids is 2. The third-order valence-corrected chi connectivity index (χ3v) is 2.57. The van der Waals surface area contributed by atoms with Gasteiger partial charge in [0.1, 0.15) is 0 Å². The van der Waals surface area contributed by atoms with Crippen molar-refractivity contribution in [3.8, 4) is 0 Å². The zero-order valence-electron chi connectivity index (χ0n) is 10.5. The maximum atomic E-state index is 11.8. The molecule has 4 nitrogen and oxygen atoms in total. The van der Waals surface area contributed by atoms with Gasteiger partial charge in [0.05, 0.1) is 0 Å². The maximum absolute atomic E-state index is 11.8. The van der Waals surface area contributed by atoms with Crippen LogP contribution in [0, 0.1) is 6.92 Å². The number of aryl methyl sites for hydroxylation is 1. The molecule has 0 aliphatic heterocycles. The molecule has 0 aliphatic carbocycles. The second-order valence-corrected chi connectivity index (χ2v) is 4.14. The Hall–Kier alpha value is -2.62. The molecule has 96 valence electrons. The highest BCUT2D eigenvalue weighted by Gasteiger charge is 2.09. The van der Waals surface area contributed by atoms with Crippen molar-refractivity contribution in [3.63, 3.8) is 0 Å². The van der Waals surface area contributed by atoms with Crippen LogP contribution in [-0.2, 0) is 0 Å². The molecule has 0 fully saturated rings. The Labute approximate surface area is 111 Å². The summed E-state index contributed by atoms with van der Waals surface area (Å²) in [6.07, 6.45) is 0. The van der Waals surface area contributed by atoms with Gasteiger partial charge in [-0.05, 0) is 31.2 Å². The first kappa shape index (κ1) is 12.8.